The standard InChI is InChI=1S/C16H15ClN2O/c1-16(11-18,12-3-9-15(20-2)10-4-12)19-14-7-5-13(17)6-8-14/h3-10,19H,1-2H3. The van der Waals surface area contributed by atoms with E-state index in [0.29, 0.717) is 5.02 Å². The predicted octanol–water partition coefficient (Wildman–Crippen LogP) is 4.20. The zero-order valence-electron chi connectivity index (χ0n) is 11.4. The SMILES string of the molecule is COc1ccc(C(C)(C#N)Nc2ccc(Cl)cc2)cc1. The van der Waals surface area contributed by atoms with Crippen LogP contribution in [0, 0.1) is 11.3 Å². The smallest absolute Gasteiger partial charge is 0.148 e. The van der Waals surface area contributed by atoms with E-state index in [1.54, 1.807) is 19.2 Å². The van der Waals surface area contributed by atoms with Gasteiger partial charge in [0.05, 0.1) is 13.2 Å². The molecular weight excluding hydrogens is 272 g/mol. The normalized spacial score (nSPS) is 13.1. The molecule has 0 aliphatic rings. The van der Waals surface area contributed by atoms with Gasteiger partial charge in [-0.25, -0.2) is 0 Å². The van der Waals surface area contributed by atoms with Crippen molar-refractivity contribution >= 4 is 17.3 Å². The van der Waals surface area contributed by atoms with Gasteiger partial charge in [0, 0.05) is 10.7 Å². The lowest BCUT2D eigenvalue weighted by Crippen LogP contribution is -2.29. The van der Waals surface area contributed by atoms with Crippen molar-refractivity contribution in [3.8, 4) is 11.8 Å². The highest BCUT2D eigenvalue weighted by Gasteiger charge is 2.26. The molecule has 0 amide bonds. The molecular formula is C16H15ClN2O. The summed E-state index contributed by atoms with van der Waals surface area (Å²) in [7, 11) is 1.62. The van der Waals surface area contributed by atoms with E-state index in [1.807, 2.05) is 43.3 Å². The summed E-state index contributed by atoms with van der Waals surface area (Å²) >= 11 is 5.86. The van der Waals surface area contributed by atoms with E-state index in [9.17, 15) is 5.26 Å². The minimum Gasteiger partial charge on any atom is -0.497 e. The Hall–Kier alpha value is -2.18. The molecule has 0 saturated heterocycles. The average molecular weight is 287 g/mol. The van der Waals surface area contributed by atoms with Crippen molar-refractivity contribution in [3.63, 3.8) is 0 Å². The first-order valence-corrected chi connectivity index (χ1v) is 6.55. The lowest BCUT2D eigenvalue weighted by Gasteiger charge is -2.25. The van der Waals surface area contributed by atoms with E-state index in [4.69, 9.17) is 16.3 Å². The topological polar surface area (TPSA) is 45.0 Å². The Bertz CT molecular complexity index is 616. The van der Waals surface area contributed by atoms with Crippen LogP contribution in [0.15, 0.2) is 48.5 Å². The molecule has 3 nitrogen and oxygen atoms in total. The second-order valence-electron chi connectivity index (χ2n) is 4.60. The first-order valence-electron chi connectivity index (χ1n) is 6.17. The summed E-state index contributed by atoms with van der Waals surface area (Å²) < 4.78 is 5.13. The molecule has 0 saturated carbocycles. The van der Waals surface area contributed by atoms with Crippen LogP contribution in [-0.2, 0) is 5.54 Å². The third kappa shape index (κ3) is 3.04. The molecule has 102 valence electrons. The fraction of sp³-hybridized carbons (Fsp3) is 0.188. The van der Waals surface area contributed by atoms with Crippen molar-refractivity contribution in [2.45, 2.75) is 12.5 Å². The van der Waals surface area contributed by atoms with Crippen molar-refractivity contribution < 1.29 is 4.74 Å². The van der Waals surface area contributed by atoms with Crippen LogP contribution in [0.3, 0.4) is 0 Å². The summed E-state index contributed by atoms with van der Waals surface area (Å²) in [5, 5.41) is 13.4. The highest BCUT2D eigenvalue weighted by molar-refractivity contribution is 6.30. The van der Waals surface area contributed by atoms with Gasteiger partial charge in [0.2, 0.25) is 0 Å². The van der Waals surface area contributed by atoms with Gasteiger partial charge in [-0.2, -0.15) is 5.26 Å². The van der Waals surface area contributed by atoms with Gasteiger partial charge in [0.25, 0.3) is 0 Å². The highest BCUT2D eigenvalue weighted by atomic mass is 35.5. The monoisotopic (exact) mass is 286 g/mol. The van der Waals surface area contributed by atoms with Crippen LogP contribution in [0.5, 0.6) is 5.75 Å². The van der Waals surface area contributed by atoms with E-state index in [2.05, 4.69) is 11.4 Å². The summed E-state index contributed by atoms with van der Waals surface area (Å²) in [6, 6.07) is 17.0. The van der Waals surface area contributed by atoms with Crippen molar-refractivity contribution in [3.05, 3.63) is 59.1 Å². The molecule has 1 unspecified atom stereocenters. The summed E-state index contributed by atoms with van der Waals surface area (Å²) in [6.45, 7) is 1.84. The Morgan fingerprint density at radius 3 is 2.20 bits per heavy atom. The quantitative estimate of drug-likeness (QED) is 0.916. The molecule has 0 heterocycles. The third-order valence-electron chi connectivity index (χ3n) is 3.13. The van der Waals surface area contributed by atoms with Gasteiger partial charge in [-0.1, -0.05) is 23.7 Å². The number of anilines is 1. The van der Waals surface area contributed by atoms with Crippen LogP contribution in [-0.4, -0.2) is 7.11 Å². The molecule has 0 aromatic heterocycles. The molecule has 0 aliphatic heterocycles. The number of benzene rings is 2. The number of nitriles is 1. The van der Waals surface area contributed by atoms with Gasteiger partial charge in [-0.15, -0.1) is 0 Å². The van der Waals surface area contributed by atoms with Crippen LogP contribution in [0.1, 0.15) is 12.5 Å². The Morgan fingerprint density at radius 1 is 1.10 bits per heavy atom. The number of hydrogen-bond donors (Lipinski definition) is 1. The molecule has 2 aromatic rings. The molecule has 2 aromatic carbocycles. The molecule has 1 N–H and O–H groups in total. The first kappa shape index (κ1) is 14.2. The molecule has 0 bridgehead atoms. The molecule has 0 aliphatic carbocycles. The Balaban J connectivity index is 2.28. The summed E-state index contributed by atoms with van der Waals surface area (Å²) in [6.07, 6.45) is 0. The largest absolute Gasteiger partial charge is 0.497 e. The number of halogens is 1. The lowest BCUT2D eigenvalue weighted by molar-refractivity contribution is 0.414. The average Bonchev–Trinajstić information content (AvgIpc) is 2.49. The zero-order valence-corrected chi connectivity index (χ0v) is 12.1. The van der Waals surface area contributed by atoms with E-state index >= 15 is 0 Å². The van der Waals surface area contributed by atoms with Crippen LogP contribution < -0.4 is 10.1 Å². The van der Waals surface area contributed by atoms with Gasteiger partial charge in [-0.3, -0.25) is 0 Å². The summed E-state index contributed by atoms with van der Waals surface area (Å²) in [4.78, 5) is 0. The lowest BCUT2D eigenvalue weighted by atomic mass is 9.93. The molecule has 1 atom stereocenters. The molecule has 4 heteroatoms. The maximum absolute atomic E-state index is 9.51. The molecule has 0 spiro atoms. The summed E-state index contributed by atoms with van der Waals surface area (Å²) in [5.41, 5.74) is 0.894. The summed E-state index contributed by atoms with van der Waals surface area (Å²) in [5.74, 6) is 0.764. The minimum atomic E-state index is -0.819. The van der Waals surface area contributed by atoms with Crippen LogP contribution in [0.4, 0.5) is 5.69 Å². The van der Waals surface area contributed by atoms with Crippen LogP contribution in [0.25, 0.3) is 0 Å². The van der Waals surface area contributed by atoms with E-state index in [1.165, 1.54) is 0 Å². The number of nitrogens with zero attached hydrogens (tertiary/aromatic N) is 1. The van der Waals surface area contributed by atoms with E-state index < -0.39 is 5.54 Å². The van der Waals surface area contributed by atoms with Gasteiger partial charge < -0.3 is 10.1 Å². The number of methoxy groups -OCH3 is 1. The number of ether oxygens (including phenoxy) is 1. The Kier molecular flexibility index (Phi) is 4.16. The van der Waals surface area contributed by atoms with Crippen LogP contribution >= 0.6 is 11.6 Å². The van der Waals surface area contributed by atoms with Crippen molar-refractivity contribution in [2.75, 3.05) is 12.4 Å². The number of rotatable bonds is 4. The van der Waals surface area contributed by atoms with Gasteiger partial charge in [0.15, 0.2) is 0 Å². The third-order valence-corrected chi connectivity index (χ3v) is 3.38. The predicted molar refractivity (Wildman–Crippen MR) is 81.0 cm³/mol. The van der Waals surface area contributed by atoms with E-state index in [0.717, 1.165) is 17.0 Å². The maximum atomic E-state index is 9.51. The van der Waals surface area contributed by atoms with Gasteiger partial charge >= 0.3 is 0 Å². The fourth-order valence-electron chi connectivity index (χ4n) is 1.91. The van der Waals surface area contributed by atoms with Crippen LogP contribution in [0.2, 0.25) is 5.02 Å². The molecule has 0 radical (unpaired) electrons. The van der Waals surface area contributed by atoms with Gasteiger partial charge in [-0.05, 0) is 48.9 Å². The highest BCUT2D eigenvalue weighted by Crippen LogP contribution is 2.27. The number of nitrogens with one attached hydrogen (secondary N) is 1. The first-order chi connectivity index (χ1) is 9.57. The molecule has 20 heavy (non-hydrogen) atoms. The van der Waals surface area contributed by atoms with E-state index in [-0.39, 0.29) is 0 Å². The Morgan fingerprint density at radius 2 is 1.70 bits per heavy atom. The maximum Gasteiger partial charge on any atom is 0.148 e. The second-order valence-corrected chi connectivity index (χ2v) is 5.03. The van der Waals surface area contributed by atoms with Crippen molar-refractivity contribution in [2.24, 2.45) is 0 Å². The van der Waals surface area contributed by atoms with Crippen molar-refractivity contribution in [1.82, 2.24) is 0 Å². The zero-order chi connectivity index (χ0) is 14.6. The second kappa shape index (κ2) is 5.85. The fourth-order valence-corrected chi connectivity index (χ4v) is 2.04. The van der Waals surface area contributed by atoms with Gasteiger partial charge in [0.1, 0.15) is 11.3 Å². The minimum absolute atomic E-state index is 0.665. The molecule has 2 rings (SSSR count). The molecule has 0 fully saturated rings. The number of hydrogen-bond acceptors (Lipinski definition) is 3. The Labute approximate surface area is 123 Å². The van der Waals surface area contributed by atoms with Crippen molar-refractivity contribution in [1.29, 1.82) is 5.26 Å².